The van der Waals surface area contributed by atoms with Crippen molar-refractivity contribution < 1.29 is 4.74 Å². The second kappa shape index (κ2) is 8.27. The Morgan fingerprint density at radius 3 is 2.76 bits per heavy atom. The molecule has 0 bridgehead atoms. The molecule has 17 heavy (non-hydrogen) atoms. The highest BCUT2D eigenvalue weighted by Gasteiger charge is 2.16. The minimum Gasteiger partial charge on any atom is -0.385 e. The van der Waals surface area contributed by atoms with Gasteiger partial charge in [0.15, 0.2) is 0 Å². The fraction of sp³-hybridized carbons (Fsp3) is 0.909. The van der Waals surface area contributed by atoms with Crippen molar-refractivity contribution in [1.82, 2.24) is 15.6 Å². The Bertz CT molecular complexity index is 226. The first-order valence-corrected chi connectivity index (χ1v) is 6.21. The summed E-state index contributed by atoms with van der Waals surface area (Å²) in [5.41, 5.74) is 2.62. The van der Waals surface area contributed by atoms with Crippen molar-refractivity contribution in [3.05, 3.63) is 0 Å². The number of rotatable bonds is 5. The van der Waals surface area contributed by atoms with E-state index in [2.05, 4.69) is 27.7 Å². The van der Waals surface area contributed by atoms with Crippen LogP contribution in [-0.2, 0) is 4.74 Å². The zero-order valence-electron chi connectivity index (χ0n) is 10.9. The van der Waals surface area contributed by atoms with Crippen molar-refractivity contribution in [1.29, 1.82) is 0 Å². The topological polar surface area (TPSA) is 74.9 Å². The molecule has 0 aromatic rings. The van der Waals surface area contributed by atoms with Crippen LogP contribution >= 0.6 is 0 Å². The molecular formula is C11H25N5O. The van der Waals surface area contributed by atoms with Gasteiger partial charge in [-0.2, -0.15) is 0 Å². The fourth-order valence-corrected chi connectivity index (χ4v) is 1.88. The number of piperidine rings is 1. The van der Waals surface area contributed by atoms with Gasteiger partial charge in [0.05, 0.1) is 0 Å². The van der Waals surface area contributed by atoms with E-state index in [0.717, 1.165) is 45.5 Å². The Morgan fingerprint density at radius 2 is 2.18 bits per heavy atom. The quantitative estimate of drug-likeness (QED) is 0.200. The van der Waals surface area contributed by atoms with Crippen LogP contribution in [0.5, 0.6) is 0 Å². The van der Waals surface area contributed by atoms with E-state index in [4.69, 9.17) is 10.6 Å². The summed E-state index contributed by atoms with van der Waals surface area (Å²) >= 11 is 0. The van der Waals surface area contributed by atoms with Gasteiger partial charge < -0.3 is 15.0 Å². The molecule has 4 N–H and O–H groups in total. The second-order valence-electron chi connectivity index (χ2n) is 4.44. The van der Waals surface area contributed by atoms with Gasteiger partial charge in [-0.15, -0.1) is 0 Å². The van der Waals surface area contributed by atoms with Gasteiger partial charge in [-0.05, 0) is 39.4 Å². The molecule has 1 aliphatic rings. The third-order valence-electron chi connectivity index (χ3n) is 2.97. The molecule has 1 heterocycles. The first kappa shape index (κ1) is 14.2. The van der Waals surface area contributed by atoms with Crippen LogP contribution < -0.4 is 16.6 Å². The number of hydrogen-bond acceptors (Lipinski definition) is 4. The lowest BCUT2D eigenvalue weighted by molar-refractivity contribution is 0.197. The van der Waals surface area contributed by atoms with E-state index in [1.165, 1.54) is 0 Å². The van der Waals surface area contributed by atoms with Crippen molar-refractivity contribution in [2.45, 2.75) is 25.3 Å². The van der Waals surface area contributed by atoms with Crippen LogP contribution in [0.25, 0.3) is 0 Å². The molecule has 1 rings (SSSR count). The summed E-state index contributed by atoms with van der Waals surface area (Å²) in [5.74, 6) is 6.14. The molecule has 0 amide bonds. The Labute approximate surface area is 104 Å². The third-order valence-corrected chi connectivity index (χ3v) is 2.97. The normalized spacial score (nSPS) is 19.4. The molecule has 0 saturated carbocycles. The number of nitrogens with zero attached hydrogens (tertiary/aromatic N) is 2. The van der Waals surface area contributed by atoms with Crippen LogP contribution in [0.15, 0.2) is 4.99 Å². The van der Waals surface area contributed by atoms with Gasteiger partial charge >= 0.3 is 0 Å². The van der Waals surface area contributed by atoms with Crippen molar-refractivity contribution in [3.8, 4) is 0 Å². The maximum atomic E-state index is 5.45. The third kappa shape index (κ3) is 5.86. The Morgan fingerprint density at radius 1 is 1.47 bits per heavy atom. The van der Waals surface area contributed by atoms with E-state index in [0.29, 0.717) is 12.0 Å². The van der Waals surface area contributed by atoms with Crippen LogP contribution in [-0.4, -0.2) is 57.3 Å². The van der Waals surface area contributed by atoms with Gasteiger partial charge in [0.1, 0.15) is 0 Å². The molecule has 0 aliphatic carbocycles. The summed E-state index contributed by atoms with van der Waals surface area (Å²) in [4.78, 5) is 6.71. The molecule has 0 atom stereocenters. The second-order valence-corrected chi connectivity index (χ2v) is 4.44. The molecule has 6 nitrogen and oxygen atoms in total. The average molecular weight is 243 g/mol. The molecule has 0 spiro atoms. The van der Waals surface area contributed by atoms with Crippen LogP contribution in [0, 0.1) is 0 Å². The first-order chi connectivity index (χ1) is 8.26. The van der Waals surface area contributed by atoms with E-state index in [1.54, 1.807) is 7.11 Å². The van der Waals surface area contributed by atoms with Gasteiger partial charge in [0.25, 0.3) is 0 Å². The lowest BCUT2D eigenvalue weighted by Crippen LogP contribution is -2.50. The summed E-state index contributed by atoms with van der Waals surface area (Å²) in [5, 5.41) is 3.35. The molecular weight excluding hydrogens is 218 g/mol. The number of methoxy groups -OCH3 is 1. The number of nitrogens with two attached hydrogens (primary N) is 1. The smallest absolute Gasteiger partial charge is 0.205 e. The van der Waals surface area contributed by atoms with E-state index in [1.807, 2.05) is 0 Å². The van der Waals surface area contributed by atoms with Crippen LogP contribution in [0.3, 0.4) is 0 Å². The van der Waals surface area contributed by atoms with Crippen molar-refractivity contribution in [2.24, 2.45) is 10.8 Å². The maximum Gasteiger partial charge on any atom is 0.205 e. The number of hydrazine groups is 1. The molecule has 100 valence electrons. The van der Waals surface area contributed by atoms with Crippen LogP contribution in [0.2, 0.25) is 0 Å². The summed E-state index contributed by atoms with van der Waals surface area (Å²) in [6.45, 7) is 3.71. The predicted octanol–water partition coefficient (Wildman–Crippen LogP) is -0.474. The molecule has 1 aliphatic heterocycles. The van der Waals surface area contributed by atoms with Crippen molar-refractivity contribution in [2.75, 3.05) is 40.4 Å². The van der Waals surface area contributed by atoms with Crippen molar-refractivity contribution in [3.63, 3.8) is 0 Å². The molecule has 0 aromatic heterocycles. The number of hydrogen-bond donors (Lipinski definition) is 3. The summed E-state index contributed by atoms with van der Waals surface area (Å²) < 4.78 is 4.97. The summed E-state index contributed by atoms with van der Waals surface area (Å²) in [7, 11) is 3.85. The fourth-order valence-electron chi connectivity index (χ4n) is 1.88. The number of nitrogens with one attached hydrogen (secondary N) is 2. The SMILES string of the molecule is COCCCN=C(NN)NC1CCN(C)CC1. The minimum atomic E-state index is 0.475. The highest BCUT2D eigenvalue weighted by Crippen LogP contribution is 2.07. The predicted molar refractivity (Wildman–Crippen MR) is 69.8 cm³/mol. The van der Waals surface area contributed by atoms with Gasteiger partial charge in [-0.3, -0.25) is 10.4 Å². The van der Waals surface area contributed by atoms with Crippen LogP contribution in [0.1, 0.15) is 19.3 Å². The molecule has 1 saturated heterocycles. The Hall–Kier alpha value is -0.850. The lowest BCUT2D eigenvalue weighted by atomic mass is 10.1. The highest BCUT2D eigenvalue weighted by atomic mass is 16.5. The average Bonchev–Trinajstić information content (AvgIpc) is 2.35. The molecule has 0 aromatic carbocycles. The van der Waals surface area contributed by atoms with Crippen molar-refractivity contribution >= 4 is 5.96 Å². The zero-order chi connectivity index (χ0) is 12.5. The molecule has 6 heteroatoms. The van der Waals surface area contributed by atoms with Gasteiger partial charge in [0, 0.05) is 26.3 Å². The zero-order valence-corrected chi connectivity index (χ0v) is 10.9. The molecule has 0 radical (unpaired) electrons. The van der Waals surface area contributed by atoms with Gasteiger partial charge in [0.2, 0.25) is 5.96 Å². The first-order valence-electron chi connectivity index (χ1n) is 6.21. The highest BCUT2D eigenvalue weighted by molar-refractivity contribution is 5.79. The number of aliphatic imine (C=N–C) groups is 1. The Kier molecular flexibility index (Phi) is 6.91. The monoisotopic (exact) mass is 243 g/mol. The van der Waals surface area contributed by atoms with E-state index >= 15 is 0 Å². The Balaban J connectivity index is 2.25. The van der Waals surface area contributed by atoms with E-state index < -0.39 is 0 Å². The van der Waals surface area contributed by atoms with Crippen LogP contribution in [0.4, 0.5) is 0 Å². The maximum absolute atomic E-state index is 5.45. The summed E-state index contributed by atoms with van der Waals surface area (Å²) in [6, 6.07) is 0.475. The number of likely N-dealkylation sites (tertiary alicyclic amines) is 1. The molecule has 0 unspecified atom stereocenters. The number of guanidine groups is 1. The van der Waals surface area contributed by atoms with Gasteiger partial charge in [-0.25, -0.2) is 5.84 Å². The van der Waals surface area contributed by atoms with Gasteiger partial charge in [-0.1, -0.05) is 0 Å². The lowest BCUT2D eigenvalue weighted by Gasteiger charge is -2.30. The minimum absolute atomic E-state index is 0.475. The van der Waals surface area contributed by atoms with E-state index in [-0.39, 0.29) is 0 Å². The van der Waals surface area contributed by atoms with E-state index in [9.17, 15) is 0 Å². The standard InChI is InChI=1S/C11H25N5O/c1-16-7-4-10(5-8-16)14-11(15-12)13-6-3-9-17-2/h10H,3-9,12H2,1-2H3,(H2,13,14,15). The molecule has 1 fully saturated rings. The number of ether oxygens (including phenoxy) is 1. The largest absolute Gasteiger partial charge is 0.385 e. The summed E-state index contributed by atoms with van der Waals surface area (Å²) in [6.07, 6.45) is 3.18.